The predicted molar refractivity (Wildman–Crippen MR) is 61.4 cm³/mol. The minimum absolute atomic E-state index is 0.0141. The molecule has 0 saturated carbocycles. The van der Waals surface area contributed by atoms with Gasteiger partial charge < -0.3 is 20.4 Å². The van der Waals surface area contributed by atoms with Gasteiger partial charge in [-0.2, -0.15) is 0 Å². The van der Waals surface area contributed by atoms with Crippen molar-refractivity contribution in [2.45, 2.75) is 18.6 Å². The number of carboxylic acid groups (broad SMARTS) is 2. The first-order valence-electron chi connectivity index (χ1n) is 4.92. The van der Waals surface area contributed by atoms with E-state index in [0.717, 1.165) is 0 Å². The van der Waals surface area contributed by atoms with E-state index in [2.05, 4.69) is 0 Å². The van der Waals surface area contributed by atoms with E-state index >= 15 is 0 Å². The Kier molecular flexibility index (Phi) is 4.66. The molecule has 6 nitrogen and oxygen atoms in total. The molecule has 1 aromatic rings. The Morgan fingerprint density at radius 3 is 2.33 bits per heavy atom. The lowest BCUT2D eigenvalue weighted by molar-refractivity contribution is -0.153. The fourth-order valence-electron chi connectivity index (χ4n) is 1.47. The fourth-order valence-corrected chi connectivity index (χ4v) is 1.65. The number of aliphatic carboxylic acids is 2. The number of aliphatic hydroxyl groups is 2. The Morgan fingerprint density at radius 1 is 1.22 bits per heavy atom. The molecule has 18 heavy (non-hydrogen) atoms. The maximum Gasteiger partial charge on any atom is 0.335 e. The van der Waals surface area contributed by atoms with E-state index in [1.807, 2.05) is 0 Å². The van der Waals surface area contributed by atoms with E-state index < -0.39 is 30.6 Å². The van der Waals surface area contributed by atoms with Crippen molar-refractivity contribution >= 4 is 23.5 Å². The van der Waals surface area contributed by atoms with Crippen molar-refractivity contribution in [1.29, 1.82) is 0 Å². The highest BCUT2D eigenvalue weighted by Crippen LogP contribution is 2.25. The highest BCUT2D eigenvalue weighted by Gasteiger charge is 2.27. The summed E-state index contributed by atoms with van der Waals surface area (Å²) in [6, 6.07) is 4.02. The van der Waals surface area contributed by atoms with Crippen LogP contribution in [-0.4, -0.2) is 38.5 Å². The number of benzene rings is 1. The van der Waals surface area contributed by atoms with Crippen molar-refractivity contribution < 1.29 is 30.0 Å². The number of halogens is 1. The number of carboxylic acids is 2. The summed E-state index contributed by atoms with van der Waals surface area (Å²) in [5, 5.41) is 36.5. The van der Waals surface area contributed by atoms with Crippen LogP contribution in [0.3, 0.4) is 0 Å². The van der Waals surface area contributed by atoms with E-state index in [4.69, 9.17) is 21.8 Å². The molecular weight excluding hydrogens is 264 g/mol. The van der Waals surface area contributed by atoms with E-state index in [-0.39, 0.29) is 16.1 Å². The van der Waals surface area contributed by atoms with E-state index in [1.165, 1.54) is 18.2 Å². The molecule has 98 valence electrons. The monoisotopic (exact) mass is 274 g/mol. The van der Waals surface area contributed by atoms with Crippen LogP contribution in [0.5, 0.6) is 0 Å². The summed E-state index contributed by atoms with van der Waals surface area (Å²) in [7, 11) is 0. The van der Waals surface area contributed by atoms with Crippen LogP contribution in [0.1, 0.15) is 17.2 Å². The normalized spacial score (nSPS) is 13.9. The van der Waals surface area contributed by atoms with Crippen LogP contribution in [-0.2, 0) is 16.0 Å². The second-order valence-electron chi connectivity index (χ2n) is 3.64. The number of rotatable bonds is 5. The second kappa shape index (κ2) is 5.81. The maximum absolute atomic E-state index is 10.6. The Balaban J connectivity index is 3.15. The third-order valence-corrected chi connectivity index (χ3v) is 2.56. The third kappa shape index (κ3) is 3.43. The Hall–Kier alpha value is -1.63. The molecule has 0 heterocycles. The molecule has 1 rings (SSSR count). The highest BCUT2D eigenvalue weighted by molar-refractivity contribution is 6.30. The van der Waals surface area contributed by atoms with E-state index in [1.54, 1.807) is 0 Å². The molecule has 0 bridgehead atoms. The quantitative estimate of drug-likeness (QED) is 0.619. The molecule has 0 fully saturated rings. The van der Waals surface area contributed by atoms with Crippen LogP contribution in [0.2, 0.25) is 5.02 Å². The van der Waals surface area contributed by atoms with Gasteiger partial charge in [0.1, 0.15) is 6.10 Å². The van der Waals surface area contributed by atoms with Crippen LogP contribution in [0.25, 0.3) is 0 Å². The minimum atomic E-state index is -2.05. The standard InChI is InChI=1S/C11H11ClO6/c12-6-2-1-5(3-8(13)14)7(4-6)9(15)10(16)11(17)18/h1-2,4,9-10,15-16H,3H2,(H,13,14)(H,17,18). The molecule has 2 atom stereocenters. The number of hydrogen-bond donors (Lipinski definition) is 4. The molecule has 0 aliphatic carbocycles. The first-order valence-corrected chi connectivity index (χ1v) is 5.29. The van der Waals surface area contributed by atoms with Crippen molar-refractivity contribution in [2.24, 2.45) is 0 Å². The van der Waals surface area contributed by atoms with Gasteiger partial charge >= 0.3 is 11.9 Å². The Labute approximate surface area is 107 Å². The van der Waals surface area contributed by atoms with Crippen LogP contribution in [0.4, 0.5) is 0 Å². The highest BCUT2D eigenvalue weighted by atomic mass is 35.5. The topological polar surface area (TPSA) is 115 Å². The minimum Gasteiger partial charge on any atom is -0.481 e. The van der Waals surface area contributed by atoms with Crippen molar-refractivity contribution in [3.63, 3.8) is 0 Å². The summed E-state index contributed by atoms with van der Waals surface area (Å²) < 4.78 is 0. The molecule has 0 saturated heterocycles. The van der Waals surface area contributed by atoms with Gasteiger partial charge in [0, 0.05) is 5.02 Å². The summed E-state index contributed by atoms with van der Waals surface area (Å²) in [5.74, 6) is -2.75. The van der Waals surface area contributed by atoms with Gasteiger partial charge in [-0.15, -0.1) is 0 Å². The third-order valence-electron chi connectivity index (χ3n) is 2.32. The maximum atomic E-state index is 10.6. The molecule has 7 heteroatoms. The van der Waals surface area contributed by atoms with Gasteiger partial charge in [-0.25, -0.2) is 4.79 Å². The molecule has 4 N–H and O–H groups in total. The van der Waals surface area contributed by atoms with Gasteiger partial charge in [0.15, 0.2) is 6.10 Å². The van der Waals surface area contributed by atoms with Crippen LogP contribution >= 0.6 is 11.6 Å². The average molecular weight is 275 g/mol. The first-order chi connectivity index (χ1) is 8.32. The number of carbonyl (C=O) groups is 2. The first kappa shape index (κ1) is 14.4. The van der Waals surface area contributed by atoms with Gasteiger partial charge in [0.2, 0.25) is 0 Å². The lowest BCUT2D eigenvalue weighted by Crippen LogP contribution is -2.28. The lowest BCUT2D eigenvalue weighted by Gasteiger charge is -2.17. The second-order valence-corrected chi connectivity index (χ2v) is 4.08. The van der Waals surface area contributed by atoms with Gasteiger partial charge in [-0.05, 0) is 23.3 Å². The summed E-state index contributed by atoms with van der Waals surface area (Å²) in [6.07, 6.45) is -4.19. The van der Waals surface area contributed by atoms with Crippen molar-refractivity contribution in [2.75, 3.05) is 0 Å². The van der Waals surface area contributed by atoms with Crippen LogP contribution in [0.15, 0.2) is 18.2 Å². The van der Waals surface area contributed by atoms with Crippen molar-refractivity contribution in [3.8, 4) is 0 Å². The summed E-state index contributed by atoms with van der Waals surface area (Å²) in [4.78, 5) is 21.2. The molecule has 0 amide bonds. The van der Waals surface area contributed by atoms with Gasteiger partial charge in [0.25, 0.3) is 0 Å². The largest absolute Gasteiger partial charge is 0.481 e. The van der Waals surface area contributed by atoms with Crippen LogP contribution < -0.4 is 0 Å². The average Bonchev–Trinajstić information content (AvgIpc) is 2.28. The van der Waals surface area contributed by atoms with Crippen LogP contribution in [0, 0.1) is 0 Å². The molecule has 0 spiro atoms. The van der Waals surface area contributed by atoms with E-state index in [9.17, 15) is 19.8 Å². The van der Waals surface area contributed by atoms with Gasteiger partial charge in [0.05, 0.1) is 6.42 Å². The van der Waals surface area contributed by atoms with E-state index in [0.29, 0.717) is 0 Å². The van der Waals surface area contributed by atoms with Crippen molar-refractivity contribution in [1.82, 2.24) is 0 Å². The summed E-state index contributed by atoms with van der Waals surface area (Å²) in [5.41, 5.74) is 0.180. The Morgan fingerprint density at radius 2 is 1.83 bits per heavy atom. The lowest BCUT2D eigenvalue weighted by atomic mass is 9.96. The van der Waals surface area contributed by atoms with Gasteiger partial charge in [-0.1, -0.05) is 17.7 Å². The van der Waals surface area contributed by atoms with Crippen molar-refractivity contribution in [3.05, 3.63) is 34.3 Å². The number of hydrogen-bond acceptors (Lipinski definition) is 4. The molecule has 1 aromatic carbocycles. The molecule has 0 radical (unpaired) electrons. The fraction of sp³-hybridized carbons (Fsp3) is 0.273. The SMILES string of the molecule is O=C(O)Cc1ccc(Cl)cc1C(O)C(O)C(=O)O. The zero-order chi connectivity index (χ0) is 13.9. The zero-order valence-electron chi connectivity index (χ0n) is 9.08. The number of aliphatic hydroxyl groups excluding tert-OH is 2. The Bertz CT molecular complexity index is 473. The predicted octanol–water partition coefficient (Wildman–Crippen LogP) is 0.446. The zero-order valence-corrected chi connectivity index (χ0v) is 9.83. The molecular formula is C11H11ClO6. The molecule has 0 aromatic heterocycles. The molecule has 0 aliphatic heterocycles. The summed E-state index contributed by atoms with van der Waals surface area (Å²) in [6.45, 7) is 0. The summed E-state index contributed by atoms with van der Waals surface area (Å²) >= 11 is 5.69. The van der Waals surface area contributed by atoms with Gasteiger partial charge in [-0.3, -0.25) is 4.79 Å². The molecule has 0 aliphatic rings. The smallest absolute Gasteiger partial charge is 0.335 e. The molecule has 2 unspecified atom stereocenters.